The van der Waals surface area contributed by atoms with E-state index in [0.29, 0.717) is 0 Å². The molecule has 0 fully saturated rings. The number of aliphatic imine (C=N–C) groups is 2. The van der Waals surface area contributed by atoms with Crippen LogP contribution in [0.25, 0.3) is 0 Å². The molecule has 0 aromatic heterocycles. The van der Waals surface area contributed by atoms with Gasteiger partial charge in [0.1, 0.15) is 0 Å². The van der Waals surface area contributed by atoms with E-state index in [2.05, 4.69) is 23.8 Å². The smallest absolute Gasteiger partial charge is 0.215 e. The average Bonchev–Trinajstić information content (AvgIpc) is 2.15. The fraction of sp³-hybridized carbons (Fsp3) is 0.636. The summed E-state index contributed by atoms with van der Waals surface area (Å²) in [5, 5.41) is 0. The van der Waals surface area contributed by atoms with Gasteiger partial charge in [0.05, 0.1) is 0 Å². The number of nitrogens with zero attached hydrogens (tertiary/aromatic N) is 3. The highest BCUT2D eigenvalue weighted by molar-refractivity contribution is 5.72. The van der Waals surface area contributed by atoms with Gasteiger partial charge in [0.2, 0.25) is 6.29 Å². The van der Waals surface area contributed by atoms with Crippen molar-refractivity contribution in [3.05, 3.63) is 12.3 Å². The molecule has 0 aromatic carbocycles. The molecule has 0 amide bonds. The minimum Gasteiger partial charge on any atom is -0.341 e. The van der Waals surface area contributed by atoms with Crippen molar-refractivity contribution in [1.29, 1.82) is 0 Å². The van der Waals surface area contributed by atoms with E-state index in [9.17, 15) is 0 Å². The Morgan fingerprint density at radius 1 is 1.57 bits per heavy atom. The molecule has 1 aliphatic rings. The highest BCUT2D eigenvalue weighted by atomic mass is 15.3. The zero-order chi connectivity index (χ0) is 10.4. The second-order valence-electron chi connectivity index (χ2n) is 3.95. The van der Waals surface area contributed by atoms with Gasteiger partial charge in [-0.3, -0.25) is 4.99 Å². The number of rotatable bonds is 4. The molecule has 1 aliphatic heterocycles. The number of allylic oxidation sites excluding steroid dienone is 1. The van der Waals surface area contributed by atoms with Gasteiger partial charge < -0.3 is 4.90 Å². The molecule has 0 bridgehead atoms. The highest BCUT2D eigenvalue weighted by Crippen LogP contribution is 2.05. The minimum absolute atomic E-state index is 0.0489. The molecule has 0 radical (unpaired) electrons. The van der Waals surface area contributed by atoms with Gasteiger partial charge in [-0.05, 0) is 24.8 Å². The van der Waals surface area contributed by atoms with Crippen molar-refractivity contribution in [2.24, 2.45) is 15.9 Å². The van der Waals surface area contributed by atoms with Gasteiger partial charge in [0.15, 0.2) is 0 Å². The predicted molar refractivity (Wildman–Crippen MR) is 61.7 cm³/mol. The van der Waals surface area contributed by atoms with Gasteiger partial charge in [-0.25, -0.2) is 4.99 Å². The Bertz CT molecular complexity index is 241. The minimum atomic E-state index is -0.0489. The molecule has 0 N–H and O–H groups in total. The molecule has 0 spiro atoms. The van der Waals surface area contributed by atoms with Crippen molar-refractivity contribution >= 4 is 12.4 Å². The van der Waals surface area contributed by atoms with Crippen LogP contribution in [0.15, 0.2) is 22.3 Å². The molecule has 0 aromatic rings. The van der Waals surface area contributed by atoms with Gasteiger partial charge in [0.25, 0.3) is 0 Å². The Balaban J connectivity index is 2.29. The Kier molecular flexibility index (Phi) is 4.36. The van der Waals surface area contributed by atoms with Crippen LogP contribution in [0, 0.1) is 5.92 Å². The third kappa shape index (κ3) is 3.73. The van der Waals surface area contributed by atoms with Crippen molar-refractivity contribution in [3.8, 4) is 0 Å². The lowest BCUT2D eigenvalue weighted by atomic mass is 10.1. The predicted octanol–water partition coefficient (Wildman–Crippen LogP) is 2.31. The highest BCUT2D eigenvalue weighted by Gasteiger charge is 2.07. The van der Waals surface area contributed by atoms with Crippen molar-refractivity contribution in [2.75, 3.05) is 7.05 Å². The van der Waals surface area contributed by atoms with E-state index >= 15 is 0 Å². The normalized spacial score (nSPS) is 21.4. The molecule has 14 heavy (non-hydrogen) atoms. The molecule has 0 aliphatic carbocycles. The zero-order valence-electron chi connectivity index (χ0n) is 9.22. The topological polar surface area (TPSA) is 28.0 Å². The molecule has 1 heterocycles. The number of hydrogen-bond acceptors (Lipinski definition) is 3. The summed E-state index contributed by atoms with van der Waals surface area (Å²) < 4.78 is 0. The second-order valence-corrected chi connectivity index (χ2v) is 3.95. The van der Waals surface area contributed by atoms with Crippen molar-refractivity contribution in [3.63, 3.8) is 0 Å². The largest absolute Gasteiger partial charge is 0.341 e. The first-order valence-electron chi connectivity index (χ1n) is 5.13. The monoisotopic (exact) mass is 193 g/mol. The molecule has 3 nitrogen and oxygen atoms in total. The quantitative estimate of drug-likeness (QED) is 0.630. The molecular formula is C11H19N3. The summed E-state index contributed by atoms with van der Waals surface area (Å²) >= 11 is 0. The molecule has 1 rings (SSSR count). The van der Waals surface area contributed by atoms with E-state index in [4.69, 9.17) is 0 Å². The van der Waals surface area contributed by atoms with Crippen LogP contribution in [0.2, 0.25) is 0 Å². The third-order valence-electron chi connectivity index (χ3n) is 2.10. The van der Waals surface area contributed by atoms with Crippen LogP contribution < -0.4 is 0 Å². The van der Waals surface area contributed by atoms with Crippen LogP contribution >= 0.6 is 0 Å². The first-order chi connectivity index (χ1) is 6.70. The van der Waals surface area contributed by atoms with Gasteiger partial charge in [-0.15, -0.1) is 0 Å². The van der Waals surface area contributed by atoms with Gasteiger partial charge >= 0.3 is 0 Å². The molecular weight excluding hydrogens is 174 g/mol. The Hall–Kier alpha value is -1.12. The maximum Gasteiger partial charge on any atom is 0.215 e. The van der Waals surface area contributed by atoms with Crippen molar-refractivity contribution in [2.45, 2.75) is 33.0 Å². The van der Waals surface area contributed by atoms with E-state index < -0.39 is 0 Å². The molecule has 1 atom stereocenters. The van der Waals surface area contributed by atoms with Crippen LogP contribution in [0.4, 0.5) is 0 Å². The van der Waals surface area contributed by atoms with Crippen LogP contribution in [-0.2, 0) is 0 Å². The lowest BCUT2D eigenvalue weighted by Gasteiger charge is -2.21. The van der Waals surface area contributed by atoms with Gasteiger partial charge in [0, 0.05) is 25.7 Å². The summed E-state index contributed by atoms with van der Waals surface area (Å²) in [5.41, 5.74) is 0. The molecule has 3 heteroatoms. The van der Waals surface area contributed by atoms with Crippen LogP contribution in [0.5, 0.6) is 0 Å². The average molecular weight is 193 g/mol. The fourth-order valence-corrected chi connectivity index (χ4v) is 1.20. The van der Waals surface area contributed by atoms with E-state index in [-0.39, 0.29) is 6.29 Å². The first-order valence-corrected chi connectivity index (χ1v) is 5.13. The summed E-state index contributed by atoms with van der Waals surface area (Å²) in [6.07, 6.45) is 9.87. The maximum absolute atomic E-state index is 4.39. The van der Waals surface area contributed by atoms with Crippen LogP contribution in [0.1, 0.15) is 26.7 Å². The van der Waals surface area contributed by atoms with Crippen molar-refractivity contribution in [1.82, 2.24) is 4.90 Å². The standard InChI is InChI=1S/C11H19N3/c1-10(2)6-4-7-12-11-13-8-5-9-14(11)3/h5,7-11H,4,6H2,1-3H3. The van der Waals surface area contributed by atoms with Gasteiger partial charge in [-0.1, -0.05) is 13.8 Å². The van der Waals surface area contributed by atoms with Crippen molar-refractivity contribution < 1.29 is 0 Å². The Morgan fingerprint density at radius 2 is 2.36 bits per heavy atom. The van der Waals surface area contributed by atoms with E-state index in [0.717, 1.165) is 12.3 Å². The first kappa shape index (κ1) is 11.0. The fourth-order valence-electron chi connectivity index (χ4n) is 1.20. The van der Waals surface area contributed by atoms with E-state index in [1.54, 1.807) is 6.21 Å². The Morgan fingerprint density at radius 3 is 3.00 bits per heavy atom. The molecule has 1 unspecified atom stereocenters. The van der Waals surface area contributed by atoms with Crippen LogP contribution in [-0.4, -0.2) is 30.7 Å². The van der Waals surface area contributed by atoms with E-state index in [1.807, 2.05) is 30.4 Å². The molecule has 0 saturated heterocycles. The Labute approximate surface area is 86.2 Å². The van der Waals surface area contributed by atoms with Crippen LogP contribution in [0.3, 0.4) is 0 Å². The summed E-state index contributed by atoms with van der Waals surface area (Å²) in [5.74, 6) is 0.744. The molecule has 78 valence electrons. The summed E-state index contributed by atoms with van der Waals surface area (Å²) in [4.78, 5) is 10.6. The van der Waals surface area contributed by atoms with Gasteiger partial charge in [-0.2, -0.15) is 0 Å². The molecule has 0 saturated carbocycles. The maximum atomic E-state index is 4.39. The lowest BCUT2D eigenvalue weighted by molar-refractivity contribution is 0.348. The SMILES string of the molecule is CC(C)CCC=NC1N=CC=CN1C. The summed E-state index contributed by atoms with van der Waals surface area (Å²) in [7, 11) is 1.98. The lowest BCUT2D eigenvalue weighted by Crippen LogP contribution is -2.25. The summed E-state index contributed by atoms with van der Waals surface area (Å²) in [6.45, 7) is 4.45. The zero-order valence-corrected chi connectivity index (χ0v) is 9.22. The summed E-state index contributed by atoms with van der Waals surface area (Å²) in [6, 6.07) is 0. The number of hydrogen-bond donors (Lipinski definition) is 0. The third-order valence-corrected chi connectivity index (χ3v) is 2.10. The van der Waals surface area contributed by atoms with E-state index in [1.165, 1.54) is 6.42 Å². The second kappa shape index (κ2) is 5.58.